The number of rotatable bonds is 3. The summed E-state index contributed by atoms with van der Waals surface area (Å²) in [6, 6.07) is 14.7. The standard InChI is InChI=1S/C16H15N3O2/c1-17-11-16(14-5-3-4-6-15(14)17)18(2)12-7-9-13(10-8-12)19(20)21/h3-11H,1-2H3. The fourth-order valence-corrected chi connectivity index (χ4v) is 2.52. The van der Waals surface area contributed by atoms with Crippen LogP contribution in [0.25, 0.3) is 10.9 Å². The van der Waals surface area contributed by atoms with Crippen LogP contribution in [0, 0.1) is 10.1 Å². The van der Waals surface area contributed by atoms with Gasteiger partial charge in [-0.25, -0.2) is 0 Å². The summed E-state index contributed by atoms with van der Waals surface area (Å²) >= 11 is 0. The number of fused-ring (bicyclic) bond motifs is 1. The molecule has 21 heavy (non-hydrogen) atoms. The number of non-ortho nitro benzene ring substituents is 1. The van der Waals surface area contributed by atoms with Gasteiger partial charge in [0.15, 0.2) is 0 Å². The quantitative estimate of drug-likeness (QED) is 0.541. The third-order valence-corrected chi connectivity index (χ3v) is 3.69. The van der Waals surface area contributed by atoms with E-state index in [0.717, 1.165) is 22.3 Å². The van der Waals surface area contributed by atoms with E-state index in [0.29, 0.717) is 0 Å². The molecule has 0 amide bonds. The summed E-state index contributed by atoms with van der Waals surface area (Å²) in [6.07, 6.45) is 2.06. The molecule has 0 bridgehead atoms. The fourth-order valence-electron chi connectivity index (χ4n) is 2.52. The van der Waals surface area contributed by atoms with Gasteiger partial charge in [-0.05, 0) is 18.2 Å². The molecule has 0 spiro atoms. The summed E-state index contributed by atoms with van der Waals surface area (Å²) in [5.41, 5.74) is 3.24. The van der Waals surface area contributed by atoms with Crippen LogP contribution >= 0.6 is 0 Å². The van der Waals surface area contributed by atoms with Crippen LogP contribution in [0.3, 0.4) is 0 Å². The van der Waals surface area contributed by atoms with E-state index in [9.17, 15) is 10.1 Å². The average molecular weight is 281 g/mol. The number of aromatic nitrogens is 1. The van der Waals surface area contributed by atoms with Crippen molar-refractivity contribution in [1.82, 2.24) is 4.57 Å². The first kappa shape index (κ1) is 13.2. The number of nitro benzene ring substituents is 1. The minimum atomic E-state index is -0.387. The molecule has 0 fully saturated rings. The number of hydrogen-bond donors (Lipinski definition) is 0. The molecule has 0 N–H and O–H groups in total. The monoisotopic (exact) mass is 281 g/mol. The summed E-state index contributed by atoms with van der Waals surface area (Å²) in [7, 11) is 3.97. The highest BCUT2D eigenvalue weighted by Crippen LogP contribution is 2.32. The van der Waals surface area contributed by atoms with Crippen molar-refractivity contribution in [1.29, 1.82) is 0 Å². The Bertz CT molecular complexity index is 806. The maximum Gasteiger partial charge on any atom is 0.269 e. The van der Waals surface area contributed by atoms with Crippen LogP contribution in [0.1, 0.15) is 0 Å². The van der Waals surface area contributed by atoms with E-state index in [1.165, 1.54) is 12.1 Å². The number of aryl methyl sites for hydroxylation is 1. The zero-order valence-corrected chi connectivity index (χ0v) is 11.9. The van der Waals surface area contributed by atoms with Gasteiger partial charge in [-0.1, -0.05) is 18.2 Å². The molecule has 3 rings (SSSR count). The number of nitro groups is 1. The molecular weight excluding hydrogens is 266 g/mol. The topological polar surface area (TPSA) is 51.3 Å². The minimum absolute atomic E-state index is 0.102. The van der Waals surface area contributed by atoms with Gasteiger partial charge in [0.1, 0.15) is 0 Å². The van der Waals surface area contributed by atoms with E-state index in [1.54, 1.807) is 12.1 Å². The lowest BCUT2D eigenvalue weighted by Crippen LogP contribution is -2.08. The number of nitrogens with zero attached hydrogens (tertiary/aromatic N) is 3. The van der Waals surface area contributed by atoms with Crippen LogP contribution in [0.2, 0.25) is 0 Å². The van der Waals surface area contributed by atoms with Gasteiger partial charge in [0.2, 0.25) is 0 Å². The highest BCUT2D eigenvalue weighted by atomic mass is 16.6. The van der Waals surface area contributed by atoms with Gasteiger partial charge in [-0.2, -0.15) is 0 Å². The first-order chi connectivity index (χ1) is 10.1. The smallest absolute Gasteiger partial charge is 0.269 e. The van der Waals surface area contributed by atoms with Crippen molar-refractivity contribution < 1.29 is 4.92 Å². The molecule has 2 aromatic carbocycles. The second kappa shape index (κ2) is 4.94. The molecule has 0 aliphatic heterocycles. The maximum absolute atomic E-state index is 10.7. The maximum atomic E-state index is 10.7. The van der Waals surface area contributed by atoms with Crippen LogP contribution in [0.5, 0.6) is 0 Å². The van der Waals surface area contributed by atoms with Crippen molar-refractivity contribution in [2.24, 2.45) is 7.05 Å². The Morgan fingerprint density at radius 1 is 1.10 bits per heavy atom. The first-order valence-electron chi connectivity index (χ1n) is 6.60. The van der Waals surface area contributed by atoms with Crippen molar-refractivity contribution in [3.05, 3.63) is 64.8 Å². The summed E-state index contributed by atoms with van der Waals surface area (Å²) in [4.78, 5) is 12.4. The van der Waals surface area contributed by atoms with Gasteiger partial charge in [-0.3, -0.25) is 10.1 Å². The van der Waals surface area contributed by atoms with Crippen molar-refractivity contribution in [3.8, 4) is 0 Å². The second-order valence-electron chi connectivity index (χ2n) is 4.97. The molecule has 0 atom stereocenters. The molecule has 1 aromatic heterocycles. The Balaban J connectivity index is 2.04. The molecule has 0 unspecified atom stereocenters. The van der Waals surface area contributed by atoms with Crippen molar-refractivity contribution in [2.75, 3.05) is 11.9 Å². The van der Waals surface area contributed by atoms with E-state index in [-0.39, 0.29) is 10.6 Å². The number of para-hydroxylation sites is 1. The Kier molecular flexibility index (Phi) is 3.10. The number of hydrogen-bond acceptors (Lipinski definition) is 3. The van der Waals surface area contributed by atoms with Gasteiger partial charge in [0.25, 0.3) is 5.69 Å². The van der Waals surface area contributed by atoms with Crippen molar-refractivity contribution >= 4 is 28.0 Å². The molecule has 0 aliphatic rings. The van der Waals surface area contributed by atoms with Gasteiger partial charge in [0.05, 0.1) is 10.6 Å². The Morgan fingerprint density at radius 3 is 2.43 bits per heavy atom. The van der Waals surface area contributed by atoms with Gasteiger partial charge < -0.3 is 9.47 Å². The molecule has 3 aromatic rings. The predicted octanol–water partition coefficient (Wildman–Crippen LogP) is 3.85. The van der Waals surface area contributed by atoms with Crippen LogP contribution < -0.4 is 4.90 Å². The Hall–Kier alpha value is -2.82. The third-order valence-electron chi connectivity index (χ3n) is 3.69. The van der Waals surface area contributed by atoms with Crippen molar-refractivity contribution in [2.45, 2.75) is 0 Å². The minimum Gasteiger partial charge on any atom is -0.348 e. The lowest BCUT2D eigenvalue weighted by Gasteiger charge is -2.18. The summed E-state index contributed by atoms with van der Waals surface area (Å²) in [5.74, 6) is 0. The van der Waals surface area contributed by atoms with E-state index < -0.39 is 0 Å². The van der Waals surface area contributed by atoms with Gasteiger partial charge >= 0.3 is 0 Å². The van der Waals surface area contributed by atoms with E-state index in [4.69, 9.17) is 0 Å². The molecule has 1 heterocycles. The van der Waals surface area contributed by atoms with Gasteiger partial charge in [0, 0.05) is 49.0 Å². The molecular formula is C16H15N3O2. The molecule has 5 heteroatoms. The van der Waals surface area contributed by atoms with Crippen LogP contribution in [0.15, 0.2) is 54.7 Å². The van der Waals surface area contributed by atoms with Crippen molar-refractivity contribution in [3.63, 3.8) is 0 Å². The lowest BCUT2D eigenvalue weighted by molar-refractivity contribution is -0.384. The summed E-state index contributed by atoms with van der Waals surface area (Å²) in [6.45, 7) is 0. The van der Waals surface area contributed by atoms with E-state index >= 15 is 0 Å². The Morgan fingerprint density at radius 2 is 1.76 bits per heavy atom. The largest absolute Gasteiger partial charge is 0.348 e. The fraction of sp³-hybridized carbons (Fsp3) is 0.125. The molecule has 5 nitrogen and oxygen atoms in total. The zero-order valence-electron chi connectivity index (χ0n) is 11.9. The van der Waals surface area contributed by atoms with E-state index in [2.05, 4.69) is 22.9 Å². The summed E-state index contributed by atoms with van der Waals surface area (Å²) in [5, 5.41) is 11.9. The molecule has 0 radical (unpaired) electrons. The molecule has 106 valence electrons. The molecule has 0 saturated carbocycles. The molecule has 0 saturated heterocycles. The number of benzene rings is 2. The third kappa shape index (κ3) is 2.23. The highest BCUT2D eigenvalue weighted by molar-refractivity contribution is 5.95. The normalized spacial score (nSPS) is 10.8. The lowest BCUT2D eigenvalue weighted by atomic mass is 10.2. The zero-order chi connectivity index (χ0) is 15.0. The second-order valence-corrected chi connectivity index (χ2v) is 4.97. The first-order valence-corrected chi connectivity index (χ1v) is 6.60. The number of anilines is 2. The van der Waals surface area contributed by atoms with E-state index in [1.807, 2.05) is 31.1 Å². The van der Waals surface area contributed by atoms with Crippen LogP contribution in [0.4, 0.5) is 17.1 Å². The van der Waals surface area contributed by atoms with Crippen LogP contribution in [-0.4, -0.2) is 16.5 Å². The molecule has 0 aliphatic carbocycles. The average Bonchev–Trinajstić information content (AvgIpc) is 2.84. The highest BCUT2D eigenvalue weighted by Gasteiger charge is 2.12. The van der Waals surface area contributed by atoms with Crippen LogP contribution in [-0.2, 0) is 7.05 Å². The summed E-state index contributed by atoms with van der Waals surface area (Å²) < 4.78 is 2.08. The SMILES string of the molecule is CN(c1ccc([N+](=O)[O-])cc1)c1cn(C)c2ccccc12. The predicted molar refractivity (Wildman–Crippen MR) is 84.1 cm³/mol. The van der Waals surface area contributed by atoms with Gasteiger partial charge in [-0.15, -0.1) is 0 Å². The Labute approximate surface area is 122 Å².